The molecule has 0 bridgehead atoms. The Balaban J connectivity index is 1.26. The second-order valence-electron chi connectivity index (χ2n) is 8.97. The second-order valence-corrected chi connectivity index (χ2v) is 13.3. The molecule has 3 amide bonds. The van der Waals surface area contributed by atoms with Gasteiger partial charge in [0.05, 0.1) is 0 Å². The highest BCUT2D eigenvalue weighted by Crippen LogP contribution is 2.44. The number of nitrogens with zero attached hydrogens (tertiary/aromatic N) is 5. The predicted molar refractivity (Wildman–Crippen MR) is 147 cm³/mol. The van der Waals surface area contributed by atoms with E-state index in [1.165, 1.54) is 39.8 Å². The molecule has 2 saturated heterocycles. The second kappa shape index (κ2) is 11.6. The maximum absolute atomic E-state index is 13.3. The molecule has 0 saturated carbocycles. The Morgan fingerprint density at radius 3 is 2.95 bits per heavy atom. The molecule has 2 aromatic rings. The average molecular weight is 610 g/mol. The predicted octanol–water partition coefficient (Wildman–Crippen LogP) is 1.57. The highest BCUT2D eigenvalue weighted by molar-refractivity contribution is 8.01. The van der Waals surface area contributed by atoms with Gasteiger partial charge in [-0.3, -0.25) is 19.2 Å². The number of nitrogens with one attached hydrogen (secondary N) is 2. The molecule has 0 spiro atoms. The lowest BCUT2D eigenvalue weighted by molar-refractivity contribution is -0.157. The third kappa shape index (κ3) is 5.80. The molecule has 13 nitrogen and oxygen atoms in total. The number of aryl methyl sites for hydroxylation is 1. The summed E-state index contributed by atoms with van der Waals surface area (Å²) in [6.45, 7) is 1.85. The third-order valence-electron chi connectivity index (χ3n) is 6.26. The zero-order chi connectivity index (χ0) is 27.6. The van der Waals surface area contributed by atoms with Crippen molar-refractivity contribution in [1.82, 2.24) is 25.4 Å². The summed E-state index contributed by atoms with van der Waals surface area (Å²) in [5.41, 5.74) is -1.09. The zero-order valence-corrected chi connectivity index (χ0v) is 23.7. The summed E-state index contributed by atoms with van der Waals surface area (Å²) in [4.78, 5) is 60.7. The quantitative estimate of drug-likeness (QED) is 0.0842. The topological polar surface area (TPSA) is 176 Å². The van der Waals surface area contributed by atoms with Crippen LogP contribution in [0.25, 0.3) is 0 Å². The summed E-state index contributed by atoms with van der Waals surface area (Å²) >= 11 is 5.13. The normalized spacial score (nSPS) is 26.1. The molecule has 17 heteroatoms. The van der Waals surface area contributed by atoms with Gasteiger partial charge in [0.1, 0.15) is 33.6 Å². The first-order valence-corrected chi connectivity index (χ1v) is 15.5. The first-order chi connectivity index (χ1) is 18.8. The number of carbonyl (C=O) groups excluding carboxylic acids is 3. The minimum Gasteiger partial charge on any atom is -0.481 e. The number of carboxylic acids is 1. The van der Waals surface area contributed by atoms with Gasteiger partial charge in [-0.15, -0.1) is 33.3 Å². The Hall–Kier alpha value is -3.02. The summed E-state index contributed by atoms with van der Waals surface area (Å²) in [7, 11) is 0. The van der Waals surface area contributed by atoms with Gasteiger partial charge in [-0.05, 0) is 25.8 Å². The SMILES string of the molecule is Cc1nnc(SCC2(C(=O)O)CS[C@@H]3C(NC(=O)C(=NOC4C=CCC4)c4csc(NC=O)n4)C(=O)N3C2)s1. The molecule has 5 rings (SSSR count). The molecular weight excluding hydrogens is 587 g/mol. The van der Waals surface area contributed by atoms with Crippen molar-refractivity contribution in [2.24, 2.45) is 10.6 Å². The van der Waals surface area contributed by atoms with Crippen LogP contribution in [-0.2, 0) is 24.0 Å². The van der Waals surface area contributed by atoms with Gasteiger partial charge in [0.25, 0.3) is 5.91 Å². The molecule has 39 heavy (non-hydrogen) atoms. The summed E-state index contributed by atoms with van der Waals surface area (Å²) in [6.07, 6.45) is 5.58. The van der Waals surface area contributed by atoms with Crippen molar-refractivity contribution < 1.29 is 29.1 Å². The molecular formula is C22H23N7O6S4. The highest BCUT2D eigenvalue weighted by atomic mass is 32.2. The molecule has 3 aliphatic rings. The number of anilines is 1. The number of aliphatic carboxylic acids is 1. The van der Waals surface area contributed by atoms with Crippen LogP contribution >= 0.6 is 46.2 Å². The Bertz CT molecular complexity index is 1350. The molecule has 2 aliphatic heterocycles. The van der Waals surface area contributed by atoms with Crippen LogP contribution in [0.4, 0.5) is 5.13 Å². The van der Waals surface area contributed by atoms with E-state index in [4.69, 9.17) is 4.84 Å². The number of β-lactam (4-membered cyclic amide) rings is 1. The van der Waals surface area contributed by atoms with Crippen molar-refractivity contribution in [3.8, 4) is 0 Å². The molecule has 0 radical (unpaired) electrons. The Kier molecular flexibility index (Phi) is 8.20. The number of thiazole rings is 1. The van der Waals surface area contributed by atoms with E-state index >= 15 is 0 Å². The monoisotopic (exact) mass is 609 g/mol. The molecule has 4 atom stereocenters. The number of allylic oxidation sites excluding steroid dienone is 1. The molecule has 1 aliphatic carbocycles. The molecule has 3 unspecified atom stereocenters. The van der Waals surface area contributed by atoms with Gasteiger partial charge in [-0.1, -0.05) is 34.3 Å². The molecule has 0 aromatic carbocycles. The van der Waals surface area contributed by atoms with Crippen molar-refractivity contribution >= 4 is 81.2 Å². The van der Waals surface area contributed by atoms with Crippen LogP contribution in [0.5, 0.6) is 0 Å². The number of fused-ring (bicyclic) bond motifs is 1. The summed E-state index contributed by atoms with van der Waals surface area (Å²) in [5, 5.41) is 29.5. The number of hydrogen-bond donors (Lipinski definition) is 3. The summed E-state index contributed by atoms with van der Waals surface area (Å²) in [5.74, 6) is -1.52. The molecule has 4 heterocycles. The molecule has 206 valence electrons. The summed E-state index contributed by atoms with van der Waals surface area (Å²) < 4.78 is 0.677. The number of thioether (sulfide) groups is 2. The summed E-state index contributed by atoms with van der Waals surface area (Å²) in [6, 6.07) is -0.851. The van der Waals surface area contributed by atoms with Gasteiger partial charge in [-0.25, -0.2) is 4.98 Å². The van der Waals surface area contributed by atoms with Crippen LogP contribution in [0.2, 0.25) is 0 Å². The smallest absolute Gasteiger partial charge is 0.313 e. The lowest BCUT2D eigenvalue weighted by Crippen LogP contribution is -2.74. The fourth-order valence-electron chi connectivity index (χ4n) is 4.17. The van der Waals surface area contributed by atoms with Gasteiger partial charge in [-0.2, -0.15) is 0 Å². The molecule has 2 aromatic heterocycles. The number of carbonyl (C=O) groups is 4. The van der Waals surface area contributed by atoms with Crippen molar-refractivity contribution in [3.05, 3.63) is 28.2 Å². The van der Waals surface area contributed by atoms with Crippen molar-refractivity contribution in [2.75, 3.05) is 23.4 Å². The number of carboxylic acid groups (broad SMARTS) is 1. The number of amides is 3. The Labute approximate surface area is 238 Å². The van der Waals surface area contributed by atoms with Crippen LogP contribution in [-0.4, -0.2) is 90.7 Å². The first-order valence-electron chi connectivity index (χ1n) is 11.8. The van der Waals surface area contributed by atoms with Gasteiger partial charge >= 0.3 is 5.97 Å². The zero-order valence-electron chi connectivity index (χ0n) is 20.4. The Morgan fingerprint density at radius 2 is 2.26 bits per heavy atom. The first kappa shape index (κ1) is 27.5. The van der Waals surface area contributed by atoms with Gasteiger partial charge < -0.3 is 25.5 Å². The van der Waals surface area contributed by atoms with Crippen LogP contribution in [0, 0.1) is 12.3 Å². The lowest BCUT2D eigenvalue weighted by atomic mass is 9.89. The molecule has 2 fully saturated rings. The largest absolute Gasteiger partial charge is 0.481 e. The maximum Gasteiger partial charge on any atom is 0.313 e. The van der Waals surface area contributed by atoms with E-state index in [2.05, 4.69) is 31.0 Å². The van der Waals surface area contributed by atoms with E-state index in [1.54, 1.807) is 5.38 Å². The van der Waals surface area contributed by atoms with Crippen LogP contribution in [0.15, 0.2) is 27.0 Å². The fraction of sp³-hybridized carbons (Fsp3) is 0.455. The van der Waals surface area contributed by atoms with Crippen LogP contribution in [0.3, 0.4) is 0 Å². The minimum atomic E-state index is -1.16. The number of hydrogen-bond acceptors (Lipinski definition) is 13. The van der Waals surface area contributed by atoms with Gasteiger partial charge in [0.2, 0.25) is 12.3 Å². The third-order valence-corrected chi connectivity index (χ3v) is 10.9. The highest BCUT2D eigenvalue weighted by Gasteiger charge is 2.57. The number of rotatable bonds is 11. The standard InChI is InChI=1S/C22H23N7O6S4/c1-11-26-27-21(39-11)38-9-22(19(33)34)7-29-17(32)15(18(29)37-8-22)25-16(31)14(28-35-12-4-2-3-5-12)13-6-36-20(24-13)23-10-30/h2,4,6,10,12,15,18H,3,5,7-9H2,1H3,(H,25,31)(H,33,34)(H,23,24,30)/t12?,15?,18-,22?/m1/s1. The van der Waals surface area contributed by atoms with E-state index in [-0.39, 0.29) is 46.6 Å². The van der Waals surface area contributed by atoms with E-state index in [9.17, 15) is 24.3 Å². The average Bonchev–Trinajstić information content (AvgIpc) is 3.69. The van der Waals surface area contributed by atoms with E-state index in [0.29, 0.717) is 10.7 Å². The maximum atomic E-state index is 13.3. The van der Waals surface area contributed by atoms with Gasteiger partial charge in [0, 0.05) is 23.4 Å². The van der Waals surface area contributed by atoms with Crippen molar-refractivity contribution in [3.63, 3.8) is 0 Å². The Morgan fingerprint density at radius 1 is 1.41 bits per heavy atom. The van der Waals surface area contributed by atoms with Gasteiger partial charge in [0.15, 0.2) is 15.2 Å². The number of oxime groups is 1. The van der Waals surface area contributed by atoms with E-state index in [1.807, 2.05) is 19.1 Å². The minimum absolute atomic E-state index is 0.0286. The van der Waals surface area contributed by atoms with Crippen LogP contribution in [0.1, 0.15) is 23.5 Å². The lowest BCUT2D eigenvalue weighted by Gasteiger charge is -2.53. The van der Waals surface area contributed by atoms with Crippen molar-refractivity contribution in [2.45, 2.75) is 41.6 Å². The molecule has 3 N–H and O–H groups in total. The fourth-order valence-corrected chi connectivity index (χ4v) is 8.50. The van der Waals surface area contributed by atoms with E-state index < -0.39 is 28.7 Å². The van der Waals surface area contributed by atoms with Crippen LogP contribution < -0.4 is 10.6 Å². The number of aromatic nitrogens is 3. The van der Waals surface area contributed by atoms with Crippen molar-refractivity contribution in [1.29, 1.82) is 0 Å². The van der Waals surface area contributed by atoms with E-state index in [0.717, 1.165) is 29.2 Å².